The third kappa shape index (κ3) is 2.31. The summed E-state index contributed by atoms with van der Waals surface area (Å²) in [6, 6.07) is 12.5. The second kappa shape index (κ2) is 5.08. The Hall–Kier alpha value is -2.16. The second-order valence-corrected chi connectivity index (χ2v) is 5.23. The van der Waals surface area contributed by atoms with E-state index >= 15 is 0 Å². The van der Waals surface area contributed by atoms with Crippen molar-refractivity contribution in [2.75, 3.05) is 18.7 Å². The van der Waals surface area contributed by atoms with Crippen molar-refractivity contribution >= 4 is 5.69 Å². The molecule has 0 saturated heterocycles. The van der Waals surface area contributed by atoms with E-state index in [1.807, 2.05) is 18.2 Å². The van der Waals surface area contributed by atoms with Crippen molar-refractivity contribution in [3.05, 3.63) is 53.1 Å². The number of hydrogen-bond acceptors (Lipinski definition) is 3. The first-order valence-electron chi connectivity index (χ1n) is 6.79. The lowest BCUT2D eigenvalue weighted by atomic mass is 10.1. The van der Waals surface area contributed by atoms with E-state index < -0.39 is 0 Å². The van der Waals surface area contributed by atoms with Crippen molar-refractivity contribution in [2.24, 2.45) is 0 Å². The molecule has 1 aliphatic rings. The van der Waals surface area contributed by atoms with Crippen molar-refractivity contribution in [3.8, 4) is 11.5 Å². The van der Waals surface area contributed by atoms with Gasteiger partial charge >= 0.3 is 0 Å². The number of ether oxygens (including phenoxy) is 2. The normalized spacial score (nSPS) is 13.7. The van der Waals surface area contributed by atoms with E-state index in [-0.39, 0.29) is 0 Å². The largest absolute Gasteiger partial charge is 0.497 e. The molecule has 104 valence electrons. The number of nitrogens with zero attached hydrogens (tertiary/aromatic N) is 1. The summed E-state index contributed by atoms with van der Waals surface area (Å²) in [5.41, 5.74) is 4.95. The van der Waals surface area contributed by atoms with Crippen LogP contribution in [0.1, 0.15) is 16.7 Å². The number of fused-ring (bicyclic) bond motifs is 1. The van der Waals surface area contributed by atoms with E-state index in [1.54, 1.807) is 7.11 Å². The predicted molar refractivity (Wildman–Crippen MR) is 80.6 cm³/mol. The van der Waals surface area contributed by atoms with Crippen LogP contribution in [0.4, 0.5) is 5.69 Å². The van der Waals surface area contributed by atoms with Crippen molar-refractivity contribution in [1.29, 1.82) is 0 Å². The second-order valence-electron chi connectivity index (χ2n) is 5.23. The molecule has 0 radical (unpaired) electrons. The Kier molecular flexibility index (Phi) is 3.26. The smallest absolute Gasteiger partial charge is 0.161 e. The lowest BCUT2D eigenvalue weighted by molar-refractivity contribution is 0.288. The molecule has 2 aromatic carbocycles. The van der Waals surface area contributed by atoms with Gasteiger partial charge in [0.15, 0.2) is 6.73 Å². The minimum absolute atomic E-state index is 0.587. The van der Waals surface area contributed by atoms with Gasteiger partial charge in [0.05, 0.1) is 7.11 Å². The maximum atomic E-state index is 5.85. The summed E-state index contributed by atoms with van der Waals surface area (Å²) in [7, 11) is 1.69. The average molecular weight is 269 g/mol. The molecule has 0 bridgehead atoms. The highest BCUT2D eigenvalue weighted by atomic mass is 16.5. The highest BCUT2D eigenvalue weighted by Crippen LogP contribution is 2.32. The summed E-state index contributed by atoms with van der Waals surface area (Å²) in [6.45, 7) is 5.69. The van der Waals surface area contributed by atoms with Crippen molar-refractivity contribution in [1.82, 2.24) is 0 Å². The van der Waals surface area contributed by atoms with E-state index in [2.05, 4.69) is 36.9 Å². The van der Waals surface area contributed by atoms with Gasteiger partial charge in [-0.3, -0.25) is 0 Å². The molecule has 20 heavy (non-hydrogen) atoms. The molecule has 1 aliphatic heterocycles. The third-order valence-corrected chi connectivity index (χ3v) is 3.70. The van der Waals surface area contributed by atoms with E-state index in [1.165, 1.54) is 16.8 Å². The van der Waals surface area contributed by atoms with Crippen LogP contribution >= 0.6 is 0 Å². The predicted octanol–water partition coefficient (Wildman–Crippen LogP) is 3.67. The standard InChI is InChI=1S/C17H19NO2/c1-12-4-6-16(13(2)8-12)18-10-14-9-15(19-3)5-7-17(14)20-11-18/h4-9H,10-11H2,1-3H3. The number of rotatable bonds is 2. The Labute approximate surface area is 119 Å². The molecule has 0 aliphatic carbocycles. The number of anilines is 1. The van der Waals surface area contributed by atoms with E-state index in [0.717, 1.165) is 23.6 Å². The Morgan fingerprint density at radius 3 is 2.70 bits per heavy atom. The SMILES string of the molecule is COc1ccc2c(c1)CN(c1ccc(C)cc1C)CO2. The zero-order chi connectivity index (χ0) is 14.1. The first kappa shape index (κ1) is 12.9. The topological polar surface area (TPSA) is 21.7 Å². The van der Waals surface area contributed by atoms with Gasteiger partial charge in [-0.15, -0.1) is 0 Å². The van der Waals surface area contributed by atoms with Crippen LogP contribution < -0.4 is 14.4 Å². The molecule has 1 heterocycles. The molecule has 0 aromatic heterocycles. The van der Waals surface area contributed by atoms with Gasteiger partial charge in [0.1, 0.15) is 11.5 Å². The average Bonchev–Trinajstić information content (AvgIpc) is 2.46. The highest BCUT2D eigenvalue weighted by molar-refractivity contribution is 5.56. The molecule has 3 rings (SSSR count). The highest BCUT2D eigenvalue weighted by Gasteiger charge is 2.19. The van der Waals surface area contributed by atoms with Gasteiger partial charge in [-0.1, -0.05) is 17.7 Å². The third-order valence-electron chi connectivity index (χ3n) is 3.70. The van der Waals surface area contributed by atoms with Crippen molar-refractivity contribution in [2.45, 2.75) is 20.4 Å². The Morgan fingerprint density at radius 2 is 1.95 bits per heavy atom. The van der Waals surface area contributed by atoms with Gasteiger partial charge < -0.3 is 14.4 Å². The summed E-state index contributed by atoms with van der Waals surface area (Å²) in [6.07, 6.45) is 0. The van der Waals surface area contributed by atoms with Crippen LogP contribution in [-0.2, 0) is 6.54 Å². The summed E-state index contributed by atoms with van der Waals surface area (Å²) in [4.78, 5) is 2.25. The molecule has 0 atom stereocenters. The summed E-state index contributed by atoms with van der Waals surface area (Å²) < 4.78 is 11.1. The van der Waals surface area contributed by atoms with Gasteiger partial charge in [0, 0.05) is 17.8 Å². The van der Waals surface area contributed by atoms with Crippen molar-refractivity contribution < 1.29 is 9.47 Å². The number of hydrogen-bond donors (Lipinski definition) is 0. The molecular weight excluding hydrogens is 250 g/mol. The van der Waals surface area contributed by atoms with Crippen LogP contribution in [0, 0.1) is 13.8 Å². The molecule has 0 N–H and O–H groups in total. The van der Waals surface area contributed by atoms with E-state index in [0.29, 0.717) is 6.73 Å². The molecular formula is C17H19NO2. The first-order valence-corrected chi connectivity index (χ1v) is 6.79. The Morgan fingerprint density at radius 1 is 1.10 bits per heavy atom. The fourth-order valence-electron chi connectivity index (χ4n) is 2.66. The zero-order valence-electron chi connectivity index (χ0n) is 12.1. The van der Waals surface area contributed by atoms with Gasteiger partial charge in [-0.2, -0.15) is 0 Å². The minimum atomic E-state index is 0.587. The van der Waals surface area contributed by atoms with Gasteiger partial charge in [0.2, 0.25) is 0 Å². The lowest BCUT2D eigenvalue weighted by Crippen LogP contribution is -2.32. The van der Waals surface area contributed by atoms with Crippen LogP contribution in [0.2, 0.25) is 0 Å². The summed E-state index contributed by atoms with van der Waals surface area (Å²) in [5.74, 6) is 1.82. The van der Waals surface area contributed by atoms with Crippen LogP contribution in [0.3, 0.4) is 0 Å². The van der Waals surface area contributed by atoms with Crippen LogP contribution in [-0.4, -0.2) is 13.8 Å². The molecule has 0 amide bonds. The minimum Gasteiger partial charge on any atom is -0.497 e. The van der Waals surface area contributed by atoms with Gasteiger partial charge in [0.25, 0.3) is 0 Å². The molecule has 0 saturated carbocycles. The fraction of sp³-hybridized carbons (Fsp3) is 0.294. The maximum absolute atomic E-state index is 5.85. The number of aryl methyl sites for hydroxylation is 2. The zero-order valence-corrected chi connectivity index (χ0v) is 12.1. The fourth-order valence-corrected chi connectivity index (χ4v) is 2.66. The maximum Gasteiger partial charge on any atom is 0.161 e. The number of methoxy groups -OCH3 is 1. The Bertz CT molecular complexity index is 637. The molecule has 0 fully saturated rings. The Balaban J connectivity index is 1.91. The quantitative estimate of drug-likeness (QED) is 0.830. The van der Waals surface area contributed by atoms with Gasteiger partial charge in [-0.05, 0) is 43.7 Å². The summed E-state index contributed by atoms with van der Waals surface area (Å²) in [5, 5.41) is 0. The van der Waals surface area contributed by atoms with E-state index in [4.69, 9.17) is 9.47 Å². The molecule has 3 nitrogen and oxygen atoms in total. The molecule has 0 unspecified atom stereocenters. The molecule has 0 spiro atoms. The van der Waals surface area contributed by atoms with Crippen LogP contribution in [0.25, 0.3) is 0 Å². The van der Waals surface area contributed by atoms with Crippen LogP contribution in [0.15, 0.2) is 36.4 Å². The van der Waals surface area contributed by atoms with Crippen LogP contribution in [0.5, 0.6) is 11.5 Å². The first-order chi connectivity index (χ1) is 9.67. The molecule has 2 aromatic rings. The lowest BCUT2D eigenvalue weighted by Gasteiger charge is -2.32. The monoisotopic (exact) mass is 269 g/mol. The van der Waals surface area contributed by atoms with E-state index in [9.17, 15) is 0 Å². The van der Waals surface area contributed by atoms with Crippen molar-refractivity contribution in [3.63, 3.8) is 0 Å². The van der Waals surface area contributed by atoms with Gasteiger partial charge in [-0.25, -0.2) is 0 Å². The number of benzene rings is 2. The summed E-state index contributed by atoms with van der Waals surface area (Å²) >= 11 is 0. The molecule has 3 heteroatoms.